The van der Waals surface area contributed by atoms with E-state index in [9.17, 15) is 0 Å². The van der Waals surface area contributed by atoms with Gasteiger partial charge in [-0.2, -0.15) is 5.10 Å². The Bertz CT molecular complexity index is 442. The van der Waals surface area contributed by atoms with E-state index >= 15 is 0 Å². The molecule has 2 saturated carbocycles. The van der Waals surface area contributed by atoms with Crippen molar-refractivity contribution in [3.8, 4) is 0 Å². The SMILES string of the molecule is Cn1nccc1CCC(NN)C1CCC2CCCCC2C1. The van der Waals surface area contributed by atoms with E-state index in [1.165, 1.54) is 50.6 Å². The molecular formula is C17H30N4. The molecule has 2 fully saturated rings. The molecule has 118 valence electrons. The number of hydrazine groups is 1. The second kappa shape index (κ2) is 6.93. The van der Waals surface area contributed by atoms with Crippen LogP contribution >= 0.6 is 0 Å². The highest BCUT2D eigenvalue weighted by Crippen LogP contribution is 2.43. The van der Waals surface area contributed by atoms with E-state index in [-0.39, 0.29) is 0 Å². The molecule has 4 heteroatoms. The molecule has 1 aromatic rings. The number of hydrogen-bond acceptors (Lipinski definition) is 3. The molecule has 21 heavy (non-hydrogen) atoms. The standard InChI is InChI=1S/C17H30N4/c1-21-16(10-11-19-21)8-9-17(20-18)15-7-6-13-4-2-3-5-14(13)12-15/h10-11,13-15,17,20H,2-9,12,18H2,1H3. The normalized spacial score (nSPS) is 30.9. The molecule has 4 unspecified atom stereocenters. The van der Waals surface area contributed by atoms with Crippen molar-refractivity contribution in [3.63, 3.8) is 0 Å². The fraction of sp³-hybridized carbons (Fsp3) is 0.824. The van der Waals surface area contributed by atoms with Gasteiger partial charge in [-0.1, -0.05) is 25.7 Å². The second-order valence-electron chi connectivity index (χ2n) is 7.14. The Kier molecular flexibility index (Phi) is 4.96. The Labute approximate surface area is 128 Å². The number of nitrogens with one attached hydrogen (secondary N) is 1. The minimum Gasteiger partial charge on any atom is -0.273 e. The Balaban J connectivity index is 1.54. The predicted octanol–water partition coefficient (Wildman–Crippen LogP) is 2.79. The molecule has 0 bridgehead atoms. The number of rotatable bonds is 5. The highest BCUT2D eigenvalue weighted by Gasteiger charge is 2.34. The average molecular weight is 290 g/mol. The quantitative estimate of drug-likeness (QED) is 0.647. The summed E-state index contributed by atoms with van der Waals surface area (Å²) in [6.45, 7) is 0. The first kappa shape index (κ1) is 15.0. The van der Waals surface area contributed by atoms with Gasteiger partial charge in [0.05, 0.1) is 0 Å². The number of fused-ring (bicyclic) bond motifs is 1. The molecule has 0 aromatic carbocycles. The molecular weight excluding hydrogens is 260 g/mol. The highest BCUT2D eigenvalue weighted by molar-refractivity contribution is 5.01. The molecule has 4 nitrogen and oxygen atoms in total. The first-order valence-electron chi connectivity index (χ1n) is 8.71. The molecule has 3 N–H and O–H groups in total. The van der Waals surface area contributed by atoms with Crippen LogP contribution in [-0.4, -0.2) is 15.8 Å². The first-order chi connectivity index (χ1) is 10.3. The van der Waals surface area contributed by atoms with Gasteiger partial charge in [0.2, 0.25) is 0 Å². The lowest BCUT2D eigenvalue weighted by molar-refractivity contribution is 0.107. The molecule has 0 aliphatic heterocycles. The van der Waals surface area contributed by atoms with Crippen molar-refractivity contribution in [2.75, 3.05) is 0 Å². The summed E-state index contributed by atoms with van der Waals surface area (Å²) in [6, 6.07) is 2.58. The molecule has 0 radical (unpaired) electrons. The van der Waals surface area contributed by atoms with E-state index in [4.69, 9.17) is 5.84 Å². The van der Waals surface area contributed by atoms with Crippen molar-refractivity contribution in [1.29, 1.82) is 0 Å². The van der Waals surface area contributed by atoms with Crippen LogP contribution in [-0.2, 0) is 13.5 Å². The van der Waals surface area contributed by atoms with Crippen molar-refractivity contribution in [3.05, 3.63) is 18.0 Å². The Morgan fingerprint density at radius 3 is 2.81 bits per heavy atom. The van der Waals surface area contributed by atoms with Gasteiger partial charge in [0.25, 0.3) is 0 Å². The van der Waals surface area contributed by atoms with Crippen molar-refractivity contribution >= 4 is 0 Å². The van der Waals surface area contributed by atoms with Crippen molar-refractivity contribution in [1.82, 2.24) is 15.2 Å². The molecule has 2 aliphatic rings. The van der Waals surface area contributed by atoms with Crippen LogP contribution in [0.5, 0.6) is 0 Å². The maximum Gasteiger partial charge on any atom is 0.0492 e. The van der Waals surface area contributed by atoms with Gasteiger partial charge in [-0.05, 0) is 55.9 Å². The molecule has 0 spiro atoms. The van der Waals surface area contributed by atoms with Gasteiger partial charge in [0.1, 0.15) is 0 Å². The van der Waals surface area contributed by atoms with Gasteiger partial charge in [-0.25, -0.2) is 0 Å². The van der Waals surface area contributed by atoms with Gasteiger partial charge in [-0.15, -0.1) is 0 Å². The summed E-state index contributed by atoms with van der Waals surface area (Å²) in [4.78, 5) is 0. The topological polar surface area (TPSA) is 55.9 Å². The second-order valence-corrected chi connectivity index (χ2v) is 7.14. The number of nitrogens with two attached hydrogens (primary N) is 1. The van der Waals surface area contributed by atoms with E-state index in [1.54, 1.807) is 0 Å². The lowest BCUT2D eigenvalue weighted by Crippen LogP contribution is -2.44. The zero-order valence-electron chi connectivity index (χ0n) is 13.3. The average Bonchev–Trinajstić information content (AvgIpc) is 2.93. The van der Waals surface area contributed by atoms with Crippen molar-refractivity contribution in [2.24, 2.45) is 30.6 Å². The maximum atomic E-state index is 5.88. The lowest BCUT2D eigenvalue weighted by Gasteiger charge is -2.41. The van der Waals surface area contributed by atoms with E-state index in [1.807, 2.05) is 17.9 Å². The molecule has 2 aliphatic carbocycles. The summed E-state index contributed by atoms with van der Waals surface area (Å²) in [5.74, 6) is 8.64. The van der Waals surface area contributed by atoms with Crippen LogP contribution in [0.1, 0.15) is 57.1 Å². The van der Waals surface area contributed by atoms with Crippen LogP contribution in [0.15, 0.2) is 12.3 Å². The zero-order chi connectivity index (χ0) is 14.7. The van der Waals surface area contributed by atoms with Crippen LogP contribution in [0.2, 0.25) is 0 Å². The summed E-state index contributed by atoms with van der Waals surface area (Å²) < 4.78 is 1.98. The third-order valence-electron chi connectivity index (χ3n) is 6.00. The van der Waals surface area contributed by atoms with Crippen molar-refractivity contribution in [2.45, 2.75) is 63.8 Å². The molecule has 0 saturated heterocycles. The third kappa shape index (κ3) is 3.49. The lowest BCUT2D eigenvalue weighted by atomic mass is 9.66. The summed E-state index contributed by atoms with van der Waals surface area (Å²) in [5.41, 5.74) is 4.43. The largest absolute Gasteiger partial charge is 0.273 e. The zero-order valence-corrected chi connectivity index (χ0v) is 13.3. The highest BCUT2D eigenvalue weighted by atomic mass is 15.3. The molecule has 3 rings (SSSR count). The van der Waals surface area contributed by atoms with Crippen LogP contribution in [0.25, 0.3) is 0 Å². The summed E-state index contributed by atoms with van der Waals surface area (Å²) in [6.07, 6.45) is 14.1. The number of hydrogen-bond donors (Lipinski definition) is 2. The van der Waals surface area contributed by atoms with Gasteiger partial charge < -0.3 is 0 Å². The minimum atomic E-state index is 0.461. The Hall–Kier alpha value is -0.870. The molecule has 0 amide bonds. The Morgan fingerprint density at radius 2 is 2.10 bits per heavy atom. The fourth-order valence-corrected chi connectivity index (χ4v) is 4.68. The maximum absolute atomic E-state index is 5.88. The van der Waals surface area contributed by atoms with Crippen molar-refractivity contribution < 1.29 is 0 Å². The summed E-state index contributed by atoms with van der Waals surface area (Å²) in [5, 5.41) is 4.25. The smallest absolute Gasteiger partial charge is 0.0492 e. The van der Waals surface area contributed by atoms with Gasteiger partial charge in [0.15, 0.2) is 0 Å². The monoisotopic (exact) mass is 290 g/mol. The number of nitrogens with zero attached hydrogens (tertiary/aromatic N) is 2. The first-order valence-corrected chi connectivity index (χ1v) is 8.71. The minimum absolute atomic E-state index is 0.461. The van der Waals surface area contributed by atoms with E-state index in [0.29, 0.717) is 6.04 Å². The van der Waals surface area contributed by atoms with Crippen LogP contribution in [0, 0.1) is 17.8 Å². The third-order valence-corrected chi connectivity index (χ3v) is 6.00. The van der Waals surface area contributed by atoms with Crippen LogP contribution in [0.3, 0.4) is 0 Å². The van der Waals surface area contributed by atoms with Gasteiger partial charge in [-0.3, -0.25) is 16.0 Å². The number of aromatic nitrogens is 2. The van der Waals surface area contributed by atoms with E-state index < -0.39 is 0 Å². The number of aryl methyl sites for hydroxylation is 2. The van der Waals surface area contributed by atoms with Crippen LogP contribution < -0.4 is 11.3 Å². The van der Waals surface area contributed by atoms with E-state index in [2.05, 4.69) is 16.6 Å². The predicted molar refractivity (Wildman–Crippen MR) is 85.4 cm³/mol. The van der Waals surface area contributed by atoms with E-state index in [0.717, 1.165) is 30.6 Å². The summed E-state index contributed by atoms with van der Waals surface area (Å²) >= 11 is 0. The molecule has 1 aromatic heterocycles. The van der Waals surface area contributed by atoms with Crippen LogP contribution in [0.4, 0.5) is 0 Å². The van der Waals surface area contributed by atoms with Gasteiger partial charge >= 0.3 is 0 Å². The summed E-state index contributed by atoms with van der Waals surface area (Å²) in [7, 11) is 2.02. The fourth-order valence-electron chi connectivity index (χ4n) is 4.68. The van der Waals surface area contributed by atoms with Gasteiger partial charge in [0, 0.05) is 25.0 Å². The Morgan fingerprint density at radius 1 is 1.29 bits per heavy atom. The molecule has 1 heterocycles. The molecule has 4 atom stereocenters.